The van der Waals surface area contributed by atoms with Crippen LogP contribution in [0.2, 0.25) is 5.02 Å². The van der Waals surface area contributed by atoms with Gasteiger partial charge in [-0.2, -0.15) is 4.57 Å². The van der Waals surface area contributed by atoms with Gasteiger partial charge in [0.15, 0.2) is 6.20 Å². The smallest absolute Gasteiger partial charge is 0.268 e. The van der Waals surface area contributed by atoms with Crippen LogP contribution < -0.4 is 27.0 Å². The predicted octanol–water partition coefficient (Wildman–Crippen LogP) is 6.64. The number of nitrogens with one attached hydrogen (secondary N) is 1. The van der Waals surface area contributed by atoms with Gasteiger partial charge in [0.25, 0.3) is 5.01 Å². The molecule has 0 fully saturated rings. The van der Waals surface area contributed by atoms with E-state index < -0.39 is 0 Å². The van der Waals surface area contributed by atoms with Gasteiger partial charge in [0, 0.05) is 11.3 Å². The molecule has 0 bridgehead atoms. The van der Waals surface area contributed by atoms with Crippen molar-refractivity contribution in [1.82, 2.24) is 0 Å². The lowest BCUT2D eigenvalue weighted by atomic mass is 10.1. The fourth-order valence-electron chi connectivity index (χ4n) is 4.83. The molecular weight excluding hydrogens is 559 g/mol. The van der Waals surface area contributed by atoms with Gasteiger partial charge < -0.3 is 22.5 Å². The number of unbranched alkanes of at least 4 members (excludes halogenated alkanes) is 11. The number of aryl methyl sites for hydroxylation is 1. The summed E-state index contributed by atoms with van der Waals surface area (Å²) in [4.78, 5) is 12.8. The second-order valence-corrected chi connectivity index (χ2v) is 11.6. The first kappa shape index (κ1) is 34.1. The highest BCUT2D eigenvalue weighted by molar-refractivity contribution is 7.12. The lowest BCUT2D eigenvalue weighted by molar-refractivity contribution is -0.678. The second-order valence-electron chi connectivity index (χ2n) is 10.3. The van der Waals surface area contributed by atoms with Crippen molar-refractivity contribution in [2.45, 2.75) is 104 Å². The third-order valence-electron chi connectivity index (χ3n) is 7.08. The van der Waals surface area contributed by atoms with Crippen LogP contribution >= 0.6 is 22.9 Å². The zero-order chi connectivity index (χ0) is 27.7. The number of hydrogen-bond acceptors (Lipinski definition) is 3. The summed E-state index contributed by atoms with van der Waals surface area (Å²) in [7, 11) is 0. The molecule has 3 rings (SSSR count). The molecule has 0 saturated heterocycles. The molecule has 0 aliphatic rings. The predicted molar refractivity (Wildman–Crippen MR) is 166 cm³/mol. The Morgan fingerprint density at radius 1 is 0.875 bits per heavy atom. The summed E-state index contributed by atoms with van der Waals surface area (Å²) in [5.74, 6) is 0.550. The summed E-state index contributed by atoms with van der Waals surface area (Å²) >= 11 is 8.17. The molecule has 0 radical (unpaired) electrons. The number of halogens is 2. The number of thiazole rings is 1. The first-order valence-electron chi connectivity index (χ1n) is 14.9. The normalized spacial score (nSPS) is 10.8. The van der Waals surface area contributed by atoms with Crippen LogP contribution in [0.1, 0.15) is 96.5 Å². The molecule has 0 saturated carbocycles. The number of rotatable bonds is 19. The fourth-order valence-corrected chi connectivity index (χ4v) is 6.02. The molecule has 220 valence electrons. The van der Waals surface area contributed by atoms with E-state index in [1.165, 1.54) is 69.2 Å². The van der Waals surface area contributed by atoms with Crippen LogP contribution in [0.3, 0.4) is 0 Å². The SMILES string of the molecule is CCCCCCCCCCCCCCOc1c(Cl)cccc1CC(=O)Nc1ccc(-c2scc[n+]2CC)cc1.[Cl-]. The molecule has 0 atom stereocenters. The number of benzene rings is 2. The molecule has 0 aliphatic heterocycles. The van der Waals surface area contributed by atoms with Crippen molar-refractivity contribution in [2.75, 3.05) is 11.9 Å². The monoisotopic (exact) mass is 604 g/mol. The van der Waals surface area contributed by atoms with Crippen LogP contribution in [0.25, 0.3) is 10.6 Å². The molecule has 40 heavy (non-hydrogen) atoms. The molecule has 3 aromatic rings. The molecule has 1 heterocycles. The summed E-state index contributed by atoms with van der Waals surface area (Å²) in [6.07, 6.45) is 18.0. The van der Waals surface area contributed by atoms with Crippen LogP contribution in [-0.4, -0.2) is 12.5 Å². The molecule has 1 amide bonds. The van der Waals surface area contributed by atoms with E-state index in [1.54, 1.807) is 11.3 Å². The van der Waals surface area contributed by atoms with E-state index in [1.807, 2.05) is 30.3 Å². The minimum Gasteiger partial charge on any atom is -1.00 e. The number of amides is 1. The summed E-state index contributed by atoms with van der Waals surface area (Å²) in [5, 5.41) is 6.88. The molecule has 2 aromatic carbocycles. The van der Waals surface area contributed by atoms with Gasteiger partial charge in [-0.3, -0.25) is 4.79 Å². The van der Waals surface area contributed by atoms with Gasteiger partial charge in [-0.1, -0.05) is 113 Å². The first-order valence-corrected chi connectivity index (χ1v) is 16.2. The van der Waals surface area contributed by atoms with Crippen molar-refractivity contribution < 1.29 is 26.5 Å². The van der Waals surface area contributed by atoms with E-state index in [2.05, 4.69) is 47.4 Å². The average Bonchev–Trinajstić information content (AvgIpc) is 3.42. The van der Waals surface area contributed by atoms with Crippen molar-refractivity contribution in [2.24, 2.45) is 0 Å². The van der Waals surface area contributed by atoms with E-state index in [9.17, 15) is 4.79 Å². The summed E-state index contributed by atoms with van der Waals surface area (Å²) < 4.78 is 8.30. The van der Waals surface area contributed by atoms with Crippen molar-refractivity contribution in [3.63, 3.8) is 0 Å². The standard InChI is InChI=1S/C33H45ClN2O2S.ClH/c1-3-5-6-7-8-9-10-11-12-13-14-15-24-38-32-28(17-16-18-30(32)34)26-31(37)35-29-21-19-27(20-22-29)33-36(4-2)23-25-39-33;/h16-23,25H,3-15,24,26H2,1-2H3;1H. The highest BCUT2D eigenvalue weighted by atomic mass is 35.5. The number of carbonyl (C=O) groups is 1. The number of anilines is 1. The van der Waals surface area contributed by atoms with Gasteiger partial charge in [-0.25, -0.2) is 0 Å². The Morgan fingerprint density at radius 3 is 2.12 bits per heavy atom. The number of carbonyl (C=O) groups excluding carboxylic acids is 1. The van der Waals surface area contributed by atoms with Crippen molar-refractivity contribution in [3.8, 4) is 16.3 Å². The quantitative estimate of drug-likeness (QED) is 0.123. The zero-order valence-corrected chi connectivity index (χ0v) is 26.6. The van der Waals surface area contributed by atoms with E-state index >= 15 is 0 Å². The molecular formula is C33H46Cl2N2O2S. The molecule has 0 spiro atoms. The van der Waals surface area contributed by atoms with Crippen LogP contribution in [0, 0.1) is 0 Å². The van der Waals surface area contributed by atoms with Gasteiger partial charge in [-0.05, 0) is 43.7 Å². The third kappa shape index (κ3) is 11.8. The molecule has 0 unspecified atom stereocenters. The van der Waals surface area contributed by atoms with Crippen molar-refractivity contribution in [1.29, 1.82) is 0 Å². The average molecular weight is 606 g/mol. The maximum Gasteiger partial charge on any atom is 0.268 e. The third-order valence-corrected chi connectivity index (χ3v) is 8.33. The topological polar surface area (TPSA) is 42.2 Å². The fraction of sp³-hybridized carbons (Fsp3) is 0.515. The number of para-hydroxylation sites is 1. The molecule has 4 nitrogen and oxygen atoms in total. The number of nitrogens with zero attached hydrogens (tertiary/aromatic N) is 1. The number of ether oxygens (including phenoxy) is 1. The Labute approximate surface area is 256 Å². The van der Waals surface area contributed by atoms with Crippen LogP contribution in [0.4, 0.5) is 5.69 Å². The van der Waals surface area contributed by atoms with E-state index in [0.717, 1.165) is 36.2 Å². The van der Waals surface area contributed by atoms with Gasteiger partial charge in [0.05, 0.1) is 29.0 Å². The maximum atomic E-state index is 12.8. The summed E-state index contributed by atoms with van der Waals surface area (Å²) in [5.41, 5.74) is 2.75. The Morgan fingerprint density at radius 2 is 1.50 bits per heavy atom. The summed E-state index contributed by atoms with van der Waals surface area (Å²) in [6, 6.07) is 13.6. The number of hydrogen-bond donors (Lipinski definition) is 1. The molecule has 1 aromatic heterocycles. The summed E-state index contributed by atoms with van der Waals surface area (Å²) in [6.45, 7) is 5.96. The van der Waals surface area contributed by atoms with Crippen LogP contribution in [0.5, 0.6) is 5.75 Å². The van der Waals surface area contributed by atoms with Gasteiger partial charge >= 0.3 is 0 Å². The van der Waals surface area contributed by atoms with Crippen molar-refractivity contribution in [3.05, 3.63) is 64.6 Å². The lowest BCUT2D eigenvalue weighted by Gasteiger charge is -2.13. The molecule has 0 aliphatic carbocycles. The van der Waals surface area contributed by atoms with Crippen molar-refractivity contribution >= 4 is 34.5 Å². The molecule has 7 heteroatoms. The van der Waals surface area contributed by atoms with Crippen LogP contribution in [0.15, 0.2) is 54.0 Å². The molecule has 1 N–H and O–H groups in total. The van der Waals surface area contributed by atoms with E-state index in [-0.39, 0.29) is 24.7 Å². The van der Waals surface area contributed by atoms with E-state index in [4.69, 9.17) is 16.3 Å². The maximum absolute atomic E-state index is 12.8. The minimum absolute atomic E-state index is 0. The Balaban J connectivity index is 0.00000560. The minimum atomic E-state index is -0.0834. The lowest BCUT2D eigenvalue weighted by Crippen LogP contribution is -3.00. The Kier molecular flexibility index (Phi) is 17.0. The van der Waals surface area contributed by atoms with Gasteiger partial charge in [-0.15, -0.1) is 0 Å². The second kappa shape index (κ2) is 19.9. The van der Waals surface area contributed by atoms with E-state index in [0.29, 0.717) is 17.4 Å². The first-order chi connectivity index (χ1) is 19.1. The number of aromatic nitrogens is 1. The van der Waals surface area contributed by atoms with Crippen LogP contribution in [-0.2, 0) is 17.8 Å². The highest BCUT2D eigenvalue weighted by Gasteiger charge is 2.15. The van der Waals surface area contributed by atoms with Gasteiger partial charge in [0.1, 0.15) is 12.3 Å². The zero-order valence-electron chi connectivity index (χ0n) is 24.2. The van der Waals surface area contributed by atoms with Gasteiger partial charge in [0.2, 0.25) is 5.91 Å². The largest absolute Gasteiger partial charge is 1.00 e. The highest BCUT2D eigenvalue weighted by Crippen LogP contribution is 2.30. The Hall–Kier alpha value is -2.08. The Bertz CT molecular complexity index is 1120.